The predicted molar refractivity (Wildman–Crippen MR) is 112 cm³/mol. The number of carbonyl (C=O) groups is 3. The van der Waals surface area contributed by atoms with Gasteiger partial charge in [0, 0.05) is 9.75 Å². The lowest BCUT2D eigenvalue weighted by atomic mass is 10.0. The minimum atomic E-state index is -0.786. The summed E-state index contributed by atoms with van der Waals surface area (Å²) in [5, 5.41) is 5.61. The van der Waals surface area contributed by atoms with Gasteiger partial charge in [0.25, 0.3) is 5.91 Å². The fourth-order valence-corrected chi connectivity index (χ4v) is 5.56. The van der Waals surface area contributed by atoms with E-state index in [0.717, 1.165) is 47.4 Å². The minimum absolute atomic E-state index is 0.174. The number of halogens is 1. The van der Waals surface area contributed by atoms with Crippen molar-refractivity contribution in [2.75, 3.05) is 11.9 Å². The van der Waals surface area contributed by atoms with Crippen molar-refractivity contribution in [3.63, 3.8) is 0 Å². The van der Waals surface area contributed by atoms with Crippen LogP contribution in [-0.4, -0.2) is 24.5 Å². The fraction of sp³-hybridized carbons (Fsp3) is 0.421. The Morgan fingerprint density at radius 3 is 2.64 bits per heavy atom. The molecule has 0 aliphatic heterocycles. The molecule has 0 aromatic carbocycles. The molecule has 6 nitrogen and oxygen atoms in total. The van der Waals surface area contributed by atoms with Crippen LogP contribution in [0.15, 0.2) is 12.1 Å². The van der Waals surface area contributed by atoms with Gasteiger partial charge in [-0.3, -0.25) is 14.9 Å². The van der Waals surface area contributed by atoms with E-state index >= 15 is 0 Å². The van der Waals surface area contributed by atoms with Gasteiger partial charge in [-0.1, -0.05) is 18.0 Å². The van der Waals surface area contributed by atoms with Gasteiger partial charge in [0.15, 0.2) is 0 Å². The maximum Gasteiger partial charge on any atom is 0.414 e. The summed E-state index contributed by atoms with van der Waals surface area (Å²) in [4.78, 5) is 38.9. The molecule has 150 valence electrons. The van der Waals surface area contributed by atoms with Crippen LogP contribution in [0, 0.1) is 0 Å². The number of rotatable bonds is 5. The number of anilines is 1. The zero-order chi connectivity index (χ0) is 20.1. The average Bonchev–Trinajstić information content (AvgIpc) is 3.10. The molecule has 0 atom stereocenters. The number of aryl methyl sites for hydroxylation is 1. The number of hydrogen-bond donors (Lipinski definition) is 2. The third-order valence-corrected chi connectivity index (χ3v) is 6.79. The third kappa shape index (κ3) is 5.12. The van der Waals surface area contributed by atoms with Crippen molar-refractivity contribution < 1.29 is 19.1 Å². The van der Waals surface area contributed by atoms with Crippen LogP contribution in [0.5, 0.6) is 0 Å². The molecule has 0 spiro atoms. The van der Waals surface area contributed by atoms with Gasteiger partial charge >= 0.3 is 6.09 Å². The Hall–Kier alpha value is -1.90. The molecule has 2 heterocycles. The van der Waals surface area contributed by atoms with E-state index in [1.54, 1.807) is 13.0 Å². The summed E-state index contributed by atoms with van der Waals surface area (Å²) in [6.45, 7) is 1.84. The molecule has 2 aromatic rings. The summed E-state index contributed by atoms with van der Waals surface area (Å²) >= 11 is 8.69. The van der Waals surface area contributed by atoms with E-state index in [-0.39, 0.29) is 18.9 Å². The van der Waals surface area contributed by atoms with Crippen molar-refractivity contribution in [1.82, 2.24) is 5.32 Å². The Balaban J connectivity index is 1.83. The number of ether oxygens (including phenoxy) is 1. The molecule has 2 aromatic heterocycles. The third-order valence-electron chi connectivity index (χ3n) is 4.36. The van der Waals surface area contributed by atoms with Gasteiger partial charge in [-0.05, 0) is 50.3 Å². The zero-order valence-corrected chi connectivity index (χ0v) is 17.8. The van der Waals surface area contributed by atoms with E-state index < -0.39 is 12.0 Å². The highest BCUT2D eigenvalue weighted by atomic mass is 35.5. The Morgan fingerprint density at radius 1 is 1.14 bits per heavy atom. The summed E-state index contributed by atoms with van der Waals surface area (Å²) in [6, 6.07) is 3.56. The quantitative estimate of drug-likeness (QED) is 0.654. The molecule has 1 aliphatic rings. The number of thiophene rings is 2. The second kappa shape index (κ2) is 9.54. The number of nitrogens with one attached hydrogen (secondary N) is 2. The van der Waals surface area contributed by atoms with Gasteiger partial charge in [0.1, 0.15) is 5.00 Å². The molecule has 1 aliphatic carbocycles. The van der Waals surface area contributed by atoms with Crippen LogP contribution in [0.3, 0.4) is 0 Å². The van der Waals surface area contributed by atoms with Crippen molar-refractivity contribution in [2.45, 2.75) is 45.4 Å². The van der Waals surface area contributed by atoms with Crippen molar-refractivity contribution in [3.05, 3.63) is 37.4 Å². The first-order valence-electron chi connectivity index (χ1n) is 9.14. The van der Waals surface area contributed by atoms with Crippen molar-refractivity contribution >= 4 is 57.2 Å². The van der Waals surface area contributed by atoms with Gasteiger partial charge in [0.2, 0.25) is 5.91 Å². The molecule has 9 heteroatoms. The number of alkyl carbamates (subject to hydrolysis) is 1. The van der Waals surface area contributed by atoms with Crippen LogP contribution in [0.25, 0.3) is 0 Å². The normalized spacial score (nSPS) is 13.4. The van der Waals surface area contributed by atoms with E-state index in [4.69, 9.17) is 16.3 Å². The lowest BCUT2D eigenvalue weighted by Gasteiger charge is -2.09. The van der Waals surface area contributed by atoms with Gasteiger partial charge < -0.3 is 10.1 Å². The summed E-state index contributed by atoms with van der Waals surface area (Å²) in [7, 11) is 0. The molecule has 2 N–H and O–H groups in total. The van der Waals surface area contributed by atoms with Crippen LogP contribution in [0.4, 0.5) is 9.80 Å². The van der Waals surface area contributed by atoms with Crippen molar-refractivity contribution in [3.8, 4) is 0 Å². The van der Waals surface area contributed by atoms with Crippen LogP contribution in [0.1, 0.15) is 51.9 Å². The molecule has 0 saturated carbocycles. The minimum Gasteiger partial charge on any atom is -0.450 e. The second-order valence-corrected chi connectivity index (χ2v) is 9.28. The summed E-state index contributed by atoms with van der Waals surface area (Å²) in [6.07, 6.45) is 4.15. The molecular weight excluding hydrogens is 420 g/mol. The molecule has 0 radical (unpaired) electrons. The van der Waals surface area contributed by atoms with Gasteiger partial charge in [-0.15, -0.1) is 22.7 Å². The summed E-state index contributed by atoms with van der Waals surface area (Å²) < 4.78 is 5.44. The molecular formula is C19H21ClN2O4S2. The Kier molecular flexibility index (Phi) is 7.09. The topological polar surface area (TPSA) is 84.5 Å². The van der Waals surface area contributed by atoms with E-state index in [1.165, 1.54) is 22.7 Å². The highest BCUT2D eigenvalue weighted by Crippen LogP contribution is 2.37. The van der Waals surface area contributed by atoms with Gasteiger partial charge in [-0.25, -0.2) is 4.79 Å². The Labute approximate surface area is 176 Å². The molecule has 3 amide bonds. The first-order valence-corrected chi connectivity index (χ1v) is 11.2. The molecule has 3 rings (SSSR count). The number of amides is 3. The van der Waals surface area contributed by atoms with Crippen molar-refractivity contribution in [2.24, 2.45) is 0 Å². The molecule has 0 bridgehead atoms. The second-order valence-electron chi connectivity index (χ2n) is 6.37. The first kappa shape index (κ1) is 20.8. The molecule has 28 heavy (non-hydrogen) atoms. The largest absolute Gasteiger partial charge is 0.450 e. The van der Waals surface area contributed by atoms with E-state index in [2.05, 4.69) is 10.6 Å². The van der Waals surface area contributed by atoms with E-state index in [0.29, 0.717) is 14.9 Å². The highest BCUT2D eigenvalue weighted by molar-refractivity contribution is 7.17. The fourth-order valence-electron chi connectivity index (χ4n) is 3.17. The monoisotopic (exact) mass is 440 g/mol. The predicted octanol–water partition coefficient (Wildman–Crippen LogP) is 4.80. The van der Waals surface area contributed by atoms with Gasteiger partial charge in [-0.2, -0.15) is 0 Å². The van der Waals surface area contributed by atoms with Crippen LogP contribution in [0.2, 0.25) is 4.34 Å². The first-order chi connectivity index (χ1) is 13.5. The number of carbonyl (C=O) groups excluding carboxylic acids is 3. The standard InChI is InChI=1S/C19H21ClN2O4S2/c1-2-26-19(25)22-17(24)16-12-6-4-3-5-7-13(12)28-18(16)21-15(23)10-11-8-9-14(20)27-11/h8-9H,2-7,10H2,1H3,(H,21,23)(H,22,24,25). The number of fused-ring (bicyclic) bond motifs is 1. The maximum atomic E-state index is 12.8. The smallest absolute Gasteiger partial charge is 0.414 e. The highest BCUT2D eigenvalue weighted by Gasteiger charge is 2.27. The summed E-state index contributed by atoms with van der Waals surface area (Å²) in [5.41, 5.74) is 1.31. The molecule has 0 fully saturated rings. The summed E-state index contributed by atoms with van der Waals surface area (Å²) in [5.74, 6) is -0.757. The van der Waals surface area contributed by atoms with E-state index in [9.17, 15) is 14.4 Å². The lowest BCUT2D eigenvalue weighted by Crippen LogP contribution is -2.32. The average molecular weight is 441 g/mol. The SMILES string of the molecule is CCOC(=O)NC(=O)c1c(NC(=O)Cc2ccc(Cl)s2)sc2c1CCCCC2. The number of imide groups is 1. The number of hydrogen-bond acceptors (Lipinski definition) is 6. The molecule has 0 unspecified atom stereocenters. The Morgan fingerprint density at radius 2 is 1.93 bits per heavy atom. The van der Waals surface area contributed by atoms with Gasteiger partial charge in [0.05, 0.1) is 22.9 Å². The van der Waals surface area contributed by atoms with Crippen LogP contribution >= 0.6 is 34.3 Å². The molecule has 0 saturated heterocycles. The zero-order valence-electron chi connectivity index (χ0n) is 15.4. The maximum absolute atomic E-state index is 12.8. The van der Waals surface area contributed by atoms with E-state index in [1.807, 2.05) is 6.07 Å². The van der Waals surface area contributed by atoms with Crippen LogP contribution < -0.4 is 10.6 Å². The Bertz CT molecular complexity index is 891. The van der Waals surface area contributed by atoms with Crippen molar-refractivity contribution in [1.29, 1.82) is 0 Å². The lowest BCUT2D eigenvalue weighted by molar-refractivity contribution is -0.115. The van der Waals surface area contributed by atoms with Crippen LogP contribution in [-0.2, 0) is 28.8 Å².